The second-order valence-electron chi connectivity index (χ2n) is 21.3. The quantitative estimate of drug-likeness (QED) is 0.132. The van der Waals surface area contributed by atoms with Crippen LogP contribution in [0.2, 0.25) is 10.0 Å². The van der Waals surface area contributed by atoms with Crippen LogP contribution in [0.15, 0.2) is 59.4 Å². The van der Waals surface area contributed by atoms with Crippen LogP contribution in [-0.4, -0.2) is 86.9 Å². The van der Waals surface area contributed by atoms with E-state index in [9.17, 15) is 14.4 Å². The molecule has 3 aromatic carbocycles. The van der Waals surface area contributed by atoms with Gasteiger partial charge in [-0.3, -0.25) is 38.5 Å². The van der Waals surface area contributed by atoms with Gasteiger partial charge in [-0.05, 0) is 150 Å². The highest BCUT2D eigenvalue weighted by molar-refractivity contribution is 6.31. The molecule has 3 saturated heterocycles. The third kappa shape index (κ3) is 7.78. The molecule has 5 fully saturated rings. The second kappa shape index (κ2) is 17.8. The molecule has 10 rings (SSSR count). The van der Waals surface area contributed by atoms with E-state index in [1.54, 1.807) is 31.3 Å². The van der Waals surface area contributed by atoms with Crippen molar-refractivity contribution in [3.63, 3.8) is 0 Å². The van der Waals surface area contributed by atoms with Crippen molar-refractivity contribution in [3.05, 3.63) is 97.6 Å². The number of piperidine rings is 2. The zero-order valence-electron chi connectivity index (χ0n) is 39.2. The van der Waals surface area contributed by atoms with Gasteiger partial charge in [0.15, 0.2) is 0 Å². The van der Waals surface area contributed by atoms with Gasteiger partial charge in [-0.2, -0.15) is 0 Å². The average Bonchev–Trinajstić information content (AvgIpc) is 3.83. The summed E-state index contributed by atoms with van der Waals surface area (Å²) in [6, 6.07) is 14.4. The molecule has 358 valence electrons. The maximum absolute atomic E-state index is 16.6. The number of likely N-dealkylation sites (tertiary alicyclic amines) is 2. The molecule has 15 heteroatoms. The summed E-state index contributed by atoms with van der Waals surface area (Å²) in [5, 5.41) is 9.41. The van der Waals surface area contributed by atoms with E-state index in [0.717, 1.165) is 82.1 Å². The molecular weight excluding hydrogens is 905 g/mol. The van der Waals surface area contributed by atoms with Crippen LogP contribution in [0.3, 0.4) is 0 Å². The van der Waals surface area contributed by atoms with Crippen LogP contribution >= 0.6 is 23.2 Å². The highest BCUT2D eigenvalue weighted by Crippen LogP contribution is 2.67. The number of benzene rings is 3. The van der Waals surface area contributed by atoms with Gasteiger partial charge in [0, 0.05) is 59.7 Å². The predicted octanol–water partition coefficient (Wildman–Crippen LogP) is 7.83. The molecular formula is C53H60Cl2FN7O5. The number of carbonyl (C=O) groups is 4. The minimum Gasteiger partial charge on any atom is -0.352 e. The predicted molar refractivity (Wildman–Crippen MR) is 261 cm³/mol. The number of amides is 4. The minimum atomic E-state index is -1.29. The van der Waals surface area contributed by atoms with Crippen LogP contribution in [0.4, 0.5) is 10.1 Å². The molecule has 4 aromatic rings. The number of fused-ring (bicyclic) bond motifs is 4. The molecule has 1 aromatic heterocycles. The van der Waals surface area contributed by atoms with Crippen LogP contribution in [0, 0.1) is 34.9 Å². The summed E-state index contributed by atoms with van der Waals surface area (Å²) in [5.74, 6) is 4.94. The summed E-state index contributed by atoms with van der Waals surface area (Å²) >= 11 is 13.0. The van der Waals surface area contributed by atoms with Gasteiger partial charge in [-0.1, -0.05) is 67.1 Å². The number of rotatable bonds is 6. The summed E-state index contributed by atoms with van der Waals surface area (Å²) in [4.78, 5) is 72.3. The van der Waals surface area contributed by atoms with Crippen molar-refractivity contribution in [2.75, 3.05) is 32.0 Å². The number of nitrogens with one attached hydrogen (secondary N) is 3. The molecule has 68 heavy (non-hydrogen) atoms. The van der Waals surface area contributed by atoms with E-state index in [-0.39, 0.29) is 64.2 Å². The van der Waals surface area contributed by atoms with Gasteiger partial charge in [-0.15, -0.1) is 0 Å². The van der Waals surface area contributed by atoms with E-state index in [0.29, 0.717) is 40.5 Å². The molecule has 4 aliphatic heterocycles. The third-order valence-electron chi connectivity index (χ3n) is 17.0. The monoisotopic (exact) mass is 963 g/mol. The SMILES string of the molecule is CN1[C@@H](C(=O)N[C@H]2CC[C@H](CN3CCC(C#Cc4ccc5c(c4)n(C)c(=O)n5C4CCC(=O)NC4=O)CC3)CC2)[C@H](c2cccc(Cl)c2F)C2(C(=O)Nc3cc(Cl)ccc32)C12CCC(C)(C)CC2. The number of halogens is 3. The Morgan fingerprint density at radius 2 is 1.60 bits per heavy atom. The largest absolute Gasteiger partial charge is 0.352 e. The van der Waals surface area contributed by atoms with Crippen LogP contribution in [0.5, 0.6) is 0 Å². The molecule has 6 aliphatic rings. The topological polar surface area (TPSA) is 138 Å². The van der Waals surface area contributed by atoms with E-state index >= 15 is 14.0 Å². The average molecular weight is 965 g/mol. The van der Waals surface area contributed by atoms with Gasteiger partial charge < -0.3 is 15.5 Å². The third-order valence-corrected chi connectivity index (χ3v) is 17.5. The standard InChI is InChI=1S/C53H60Cl2FN7O5/c1-51(2)22-24-52(25-23-51)53(37-16-13-34(54)29-39(37)58-49(53)67)44(36-6-5-7-38(55)45(36)56)46(61(52)4)48(66)57-35-14-10-33(11-15-35)30-62-26-20-31(21-27-62)8-9-32-12-17-40-42(28-32)60(3)50(68)63(40)41-18-19-43(64)59-47(41)65/h5-7,12-13,16-17,28-29,31,33,35,41,44,46H,10-11,14-15,18-27,30H2,1-4H3,(H,57,66)(H,58,67)(H,59,64,65)/t33-,35-,41?,44-,46+,53?/m0/s1. The maximum Gasteiger partial charge on any atom is 0.329 e. The van der Waals surface area contributed by atoms with E-state index in [4.69, 9.17) is 23.2 Å². The van der Waals surface area contributed by atoms with Crippen molar-refractivity contribution in [2.24, 2.45) is 24.3 Å². The Labute approximate surface area is 406 Å². The Kier molecular flexibility index (Phi) is 12.2. The lowest BCUT2D eigenvalue weighted by Gasteiger charge is -2.53. The molecule has 12 nitrogen and oxygen atoms in total. The molecule has 0 radical (unpaired) electrons. The molecule has 4 amide bonds. The number of nitrogens with zero attached hydrogens (tertiary/aromatic N) is 4. The molecule has 3 N–H and O–H groups in total. The second-order valence-corrected chi connectivity index (χ2v) is 22.1. The first kappa shape index (κ1) is 46.7. The van der Waals surface area contributed by atoms with Gasteiger partial charge in [0.2, 0.25) is 23.6 Å². The maximum atomic E-state index is 16.6. The summed E-state index contributed by atoms with van der Waals surface area (Å²) in [6.45, 7) is 7.41. The zero-order chi connectivity index (χ0) is 47.9. The summed E-state index contributed by atoms with van der Waals surface area (Å²) in [5.41, 5.74) is 1.46. The van der Waals surface area contributed by atoms with E-state index < -0.39 is 40.7 Å². The van der Waals surface area contributed by atoms with Crippen LogP contribution in [0.1, 0.15) is 120 Å². The number of likely N-dealkylation sites (N-methyl/N-ethyl adjacent to an activating group) is 1. The number of imidazole rings is 1. The van der Waals surface area contributed by atoms with Crippen LogP contribution in [-0.2, 0) is 31.6 Å². The van der Waals surface area contributed by atoms with E-state index in [1.165, 1.54) is 15.2 Å². The lowest BCUT2D eigenvalue weighted by Crippen LogP contribution is -2.62. The minimum absolute atomic E-state index is 0.0407. The number of aryl methyl sites for hydroxylation is 1. The highest BCUT2D eigenvalue weighted by atomic mass is 35.5. The van der Waals surface area contributed by atoms with Gasteiger partial charge in [-0.25, -0.2) is 9.18 Å². The number of imide groups is 1. The number of anilines is 1. The van der Waals surface area contributed by atoms with Crippen molar-refractivity contribution < 1.29 is 23.6 Å². The number of carbonyl (C=O) groups excluding carboxylic acids is 4. The Morgan fingerprint density at radius 3 is 2.32 bits per heavy atom. The van der Waals surface area contributed by atoms with Crippen LogP contribution < -0.4 is 21.6 Å². The Hall–Kier alpha value is -5.00. The molecule has 2 spiro atoms. The fraction of sp³-hybridized carbons (Fsp3) is 0.528. The Morgan fingerprint density at radius 1 is 0.868 bits per heavy atom. The fourth-order valence-corrected chi connectivity index (χ4v) is 13.6. The number of hydrogen-bond donors (Lipinski definition) is 3. The molecule has 5 heterocycles. The first-order chi connectivity index (χ1) is 32.5. The van der Waals surface area contributed by atoms with E-state index in [2.05, 4.69) is 51.4 Å². The molecule has 2 unspecified atom stereocenters. The number of hydrogen-bond acceptors (Lipinski definition) is 7. The van der Waals surface area contributed by atoms with Crippen molar-refractivity contribution in [1.29, 1.82) is 0 Å². The highest BCUT2D eigenvalue weighted by Gasteiger charge is 2.75. The number of aromatic nitrogens is 2. The summed E-state index contributed by atoms with van der Waals surface area (Å²) in [6.07, 6.45) is 9.05. The van der Waals surface area contributed by atoms with E-state index in [1.807, 2.05) is 31.3 Å². The van der Waals surface area contributed by atoms with Gasteiger partial charge >= 0.3 is 5.69 Å². The van der Waals surface area contributed by atoms with Crippen LogP contribution in [0.25, 0.3) is 11.0 Å². The van der Waals surface area contributed by atoms with Gasteiger partial charge in [0.05, 0.1) is 22.1 Å². The summed E-state index contributed by atoms with van der Waals surface area (Å²) in [7, 11) is 3.66. The van der Waals surface area contributed by atoms with Crippen molar-refractivity contribution in [2.45, 2.75) is 126 Å². The summed E-state index contributed by atoms with van der Waals surface area (Å²) < 4.78 is 19.6. The smallest absolute Gasteiger partial charge is 0.329 e. The van der Waals surface area contributed by atoms with Gasteiger partial charge in [0.1, 0.15) is 17.3 Å². The van der Waals surface area contributed by atoms with Crippen molar-refractivity contribution in [3.8, 4) is 11.8 Å². The Balaban J connectivity index is 0.799. The lowest BCUT2D eigenvalue weighted by molar-refractivity contribution is -0.136. The molecule has 4 atom stereocenters. The Bertz CT molecular complexity index is 2840. The first-order valence-electron chi connectivity index (χ1n) is 24.4. The zero-order valence-corrected chi connectivity index (χ0v) is 40.7. The normalized spacial score (nSPS) is 28.3. The van der Waals surface area contributed by atoms with Gasteiger partial charge in [0.25, 0.3) is 0 Å². The van der Waals surface area contributed by atoms with Crippen molar-refractivity contribution in [1.82, 2.24) is 29.6 Å². The first-order valence-corrected chi connectivity index (χ1v) is 25.1. The molecule has 0 bridgehead atoms. The fourth-order valence-electron chi connectivity index (χ4n) is 13.2. The lowest BCUT2D eigenvalue weighted by atomic mass is 9.53. The molecule has 2 saturated carbocycles. The van der Waals surface area contributed by atoms with Crippen molar-refractivity contribution >= 4 is 63.6 Å². The molecule has 2 aliphatic carbocycles.